The minimum atomic E-state index is -0.615. The van der Waals surface area contributed by atoms with Gasteiger partial charge < -0.3 is 20.3 Å². The van der Waals surface area contributed by atoms with Crippen LogP contribution in [-0.4, -0.2) is 42.1 Å². The summed E-state index contributed by atoms with van der Waals surface area (Å²) in [6.45, 7) is 0.822. The summed E-state index contributed by atoms with van der Waals surface area (Å²) >= 11 is 0. The Balaban J connectivity index is 1.72. The normalized spacial score (nSPS) is 22.7. The van der Waals surface area contributed by atoms with E-state index in [0.29, 0.717) is 23.8 Å². The highest BCUT2D eigenvalue weighted by Gasteiger charge is 2.26. The molecular formula is C16H22N2O3. The zero-order valence-electron chi connectivity index (χ0n) is 12.0. The summed E-state index contributed by atoms with van der Waals surface area (Å²) in [6, 6.07) is 9.21. The van der Waals surface area contributed by atoms with Crippen molar-refractivity contribution in [1.29, 1.82) is 5.26 Å². The highest BCUT2D eigenvalue weighted by atomic mass is 16.5. The van der Waals surface area contributed by atoms with Crippen LogP contribution in [0.4, 0.5) is 0 Å². The second-order valence-corrected chi connectivity index (χ2v) is 5.49. The van der Waals surface area contributed by atoms with Gasteiger partial charge in [0.25, 0.3) is 0 Å². The van der Waals surface area contributed by atoms with Crippen LogP contribution >= 0.6 is 0 Å². The van der Waals surface area contributed by atoms with E-state index in [2.05, 4.69) is 5.32 Å². The molecule has 2 rings (SSSR count). The second kappa shape index (κ2) is 7.99. The molecule has 0 bridgehead atoms. The highest BCUT2D eigenvalue weighted by Crippen LogP contribution is 2.24. The van der Waals surface area contributed by atoms with Crippen molar-refractivity contribution in [1.82, 2.24) is 5.32 Å². The van der Waals surface area contributed by atoms with Crippen molar-refractivity contribution in [2.45, 2.75) is 31.4 Å². The van der Waals surface area contributed by atoms with Gasteiger partial charge in [-0.05, 0) is 37.0 Å². The number of hydrogen-bond donors (Lipinski definition) is 3. The second-order valence-electron chi connectivity index (χ2n) is 5.49. The van der Waals surface area contributed by atoms with E-state index < -0.39 is 6.10 Å². The number of hydrogen-bond acceptors (Lipinski definition) is 5. The van der Waals surface area contributed by atoms with Crippen LogP contribution in [-0.2, 0) is 0 Å². The van der Waals surface area contributed by atoms with Crippen LogP contribution in [0.15, 0.2) is 24.3 Å². The van der Waals surface area contributed by atoms with E-state index in [1.54, 1.807) is 24.3 Å². The Morgan fingerprint density at radius 1 is 1.43 bits per heavy atom. The summed E-state index contributed by atoms with van der Waals surface area (Å²) in [5.41, 5.74) is 0.539. The molecule has 3 N–H and O–H groups in total. The Bertz CT molecular complexity index is 487. The average Bonchev–Trinajstić information content (AvgIpc) is 2.98. The molecule has 114 valence electrons. The molecule has 0 heterocycles. The molecule has 0 aromatic heterocycles. The van der Waals surface area contributed by atoms with Gasteiger partial charge in [-0.1, -0.05) is 12.5 Å². The fraction of sp³-hybridized carbons (Fsp3) is 0.562. The van der Waals surface area contributed by atoms with Gasteiger partial charge >= 0.3 is 0 Å². The topological polar surface area (TPSA) is 85.5 Å². The van der Waals surface area contributed by atoms with E-state index >= 15 is 0 Å². The molecule has 1 aromatic carbocycles. The molecule has 0 radical (unpaired) electrons. The largest absolute Gasteiger partial charge is 0.491 e. The Morgan fingerprint density at radius 2 is 2.29 bits per heavy atom. The first kappa shape index (κ1) is 15.8. The summed E-state index contributed by atoms with van der Waals surface area (Å²) in [5.74, 6) is 0.882. The molecule has 5 heteroatoms. The first-order valence-electron chi connectivity index (χ1n) is 7.38. The van der Waals surface area contributed by atoms with Gasteiger partial charge in [0.1, 0.15) is 18.5 Å². The van der Waals surface area contributed by atoms with Crippen LogP contribution < -0.4 is 10.1 Å². The average molecular weight is 290 g/mol. The van der Waals surface area contributed by atoms with Crippen molar-refractivity contribution >= 4 is 0 Å². The molecule has 5 nitrogen and oxygen atoms in total. The minimum Gasteiger partial charge on any atom is -0.491 e. The molecule has 0 amide bonds. The van der Waals surface area contributed by atoms with E-state index in [1.807, 2.05) is 6.07 Å². The summed E-state index contributed by atoms with van der Waals surface area (Å²) in [6.07, 6.45) is 2.59. The molecule has 0 spiro atoms. The number of nitriles is 1. The van der Waals surface area contributed by atoms with Crippen LogP contribution in [0.25, 0.3) is 0 Å². The van der Waals surface area contributed by atoms with Crippen LogP contribution in [0.5, 0.6) is 5.75 Å². The summed E-state index contributed by atoms with van der Waals surface area (Å²) < 4.78 is 5.49. The van der Waals surface area contributed by atoms with Gasteiger partial charge in [-0.3, -0.25) is 0 Å². The van der Waals surface area contributed by atoms with Gasteiger partial charge in [0, 0.05) is 19.2 Å². The van der Waals surface area contributed by atoms with Crippen molar-refractivity contribution in [2.75, 3.05) is 19.8 Å². The standard InChI is InChI=1S/C16H22N2O3/c17-8-12-3-1-5-15(7-12)21-11-14(20)9-18-16-6-2-4-13(16)10-19/h1,3,5,7,13-14,16,18-20H,2,4,6,9-11H2. The van der Waals surface area contributed by atoms with E-state index in [0.717, 1.165) is 19.3 Å². The molecular weight excluding hydrogens is 268 g/mol. The predicted molar refractivity (Wildman–Crippen MR) is 78.9 cm³/mol. The highest BCUT2D eigenvalue weighted by molar-refractivity contribution is 5.36. The van der Waals surface area contributed by atoms with Gasteiger partial charge in [-0.25, -0.2) is 0 Å². The quantitative estimate of drug-likeness (QED) is 0.699. The lowest BCUT2D eigenvalue weighted by Crippen LogP contribution is -2.40. The number of nitrogens with zero attached hydrogens (tertiary/aromatic N) is 1. The van der Waals surface area contributed by atoms with E-state index in [-0.39, 0.29) is 19.3 Å². The third-order valence-corrected chi connectivity index (χ3v) is 3.91. The number of nitrogens with one attached hydrogen (secondary N) is 1. The maximum atomic E-state index is 9.94. The lowest BCUT2D eigenvalue weighted by molar-refractivity contribution is 0.0992. The predicted octanol–water partition coefficient (Wildman–Crippen LogP) is 1.05. The summed E-state index contributed by atoms with van der Waals surface area (Å²) in [5, 5.41) is 31.3. The molecule has 0 saturated heterocycles. The molecule has 1 saturated carbocycles. The van der Waals surface area contributed by atoms with E-state index in [9.17, 15) is 10.2 Å². The van der Waals surface area contributed by atoms with Crippen molar-refractivity contribution in [3.8, 4) is 11.8 Å². The third kappa shape index (κ3) is 4.71. The Morgan fingerprint density at radius 3 is 3.05 bits per heavy atom. The smallest absolute Gasteiger partial charge is 0.120 e. The number of ether oxygens (including phenoxy) is 1. The third-order valence-electron chi connectivity index (χ3n) is 3.91. The van der Waals surface area contributed by atoms with Gasteiger partial charge in [0.2, 0.25) is 0 Å². The van der Waals surface area contributed by atoms with Gasteiger partial charge in [-0.2, -0.15) is 5.26 Å². The first-order valence-corrected chi connectivity index (χ1v) is 7.38. The zero-order valence-corrected chi connectivity index (χ0v) is 12.0. The molecule has 3 atom stereocenters. The maximum Gasteiger partial charge on any atom is 0.120 e. The fourth-order valence-electron chi connectivity index (χ4n) is 2.72. The van der Waals surface area contributed by atoms with Crippen molar-refractivity contribution in [3.63, 3.8) is 0 Å². The SMILES string of the molecule is N#Cc1cccc(OCC(O)CNC2CCCC2CO)c1. The molecule has 1 aromatic rings. The van der Waals surface area contributed by atoms with Crippen molar-refractivity contribution < 1.29 is 14.9 Å². The van der Waals surface area contributed by atoms with E-state index in [4.69, 9.17) is 10.00 Å². The summed E-state index contributed by atoms with van der Waals surface area (Å²) in [7, 11) is 0. The maximum absolute atomic E-state index is 9.94. The number of aliphatic hydroxyl groups excluding tert-OH is 2. The molecule has 21 heavy (non-hydrogen) atoms. The molecule has 1 fully saturated rings. The fourth-order valence-corrected chi connectivity index (χ4v) is 2.72. The lowest BCUT2D eigenvalue weighted by atomic mass is 10.1. The number of rotatable bonds is 7. The zero-order chi connectivity index (χ0) is 15.1. The van der Waals surface area contributed by atoms with Crippen molar-refractivity contribution in [2.24, 2.45) is 5.92 Å². The number of aliphatic hydroxyl groups is 2. The molecule has 0 aliphatic heterocycles. The minimum absolute atomic E-state index is 0.179. The van der Waals surface area contributed by atoms with Gasteiger partial charge in [0.05, 0.1) is 11.6 Å². The van der Waals surface area contributed by atoms with Crippen molar-refractivity contribution in [3.05, 3.63) is 29.8 Å². The number of benzene rings is 1. The van der Waals surface area contributed by atoms with Crippen LogP contribution in [0.1, 0.15) is 24.8 Å². The first-order chi connectivity index (χ1) is 10.2. The van der Waals surface area contributed by atoms with Gasteiger partial charge in [-0.15, -0.1) is 0 Å². The van der Waals surface area contributed by atoms with E-state index in [1.165, 1.54) is 0 Å². The van der Waals surface area contributed by atoms with Crippen LogP contribution in [0, 0.1) is 17.2 Å². The lowest BCUT2D eigenvalue weighted by Gasteiger charge is -2.21. The van der Waals surface area contributed by atoms with Crippen LogP contribution in [0.2, 0.25) is 0 Å². The van der Waals surface area contributed by atoms with Crippen LogP contribution in [0.3, 0.4) is 0 Å². The Labute approximate surface area is 125 Å². The molecule has 1 aliphatic rings. The molecule has 3 unspecified atom stereocenters. The Kier molecular flexibility index (Phi) is 6.00. The molecule has 1 aliphatic carbocycles. The summed E-state index contributed by atoms with van der Waals surface area (Å²) in [4.78, 5) is 0. The van der Waals surface area contributed by atoms with Gasteiger partial charge in [0.15, 0.2) is 0 Å². The Hall–Kier alpha value is -1.61. The monoisotopic (exact) mass is 290 g/mol.